The van der Waals surface area contributed by atoms with E-state index in [1.54, 1.807) is 0 Å². The molecule has 0 saturated carbocycles. The Morgan fingerprint density at radius 1 is 1.44 bits per heavy atom. The number of rotatable bonds is 6. The van der Waals surface area contributed by atoms with Crippen LogP contribution in [0.5, 0.6) is 0 Å². The summed E-state index contributed by atoms with van der Waals surface area (Å²) < 4.78 is 5.30. The number of hydrogen-bond donors (Lipinski definition) is 2. The van der Waals surface area contributed by atoms with Gasteiger partial charge in [-0.05, 0) is 13.8 Å². The zero-order chi connectivity index (χ0) is 13.4. The van der Waals surface area contributed by atoms with E-state index in [2.05, 4.69) is 28.4 Å². The Labute approximate surface area is 109 Å². The van der Waals surface area contributed by atoms with Gasteiger partial charge in [0.25, 0.3) is 0 Å². The van der Waals surface area contributed by atoms with Crippen LogP contribution >= 0.6 is 0 Å². The van der Waals surface area contributed by atoms with Gasteiger partial charge < -0.3 is 15.4 Å². The number of carbonyl (C=O) groups is 1. The fraction of sp³-hybridized carbons (Fsp3) is 0.769. The molecule has 0 radical (unpaired) electrons. The van der Waals surface area contributed by atoms with E-state index in [9.17, 15) is 4.79 Å². The number of morpholine rings is 1. The molecule has 0 aromatic heterocycles. The van der Waals surface area contributed by atoms with Gasteiger partial charge in [-0.15, -0.1) is 6.42 Å². The molecular formula is C13H23N3O2. The van der Waals surface area contributed by atoms with E-state index in [-0.39, 0.29) is 24.5 Å². The van der Waals surface area contributed by atoms with Crippen LogP contribution in [0.25, 0.3) is 0 Å². The Kier molecular flexibility index (Phi) is 6.73. The van der Waals surface area contributed by atoms with Gasteiger partial charge >= 0.3 is 0 Å². The molecule has 0 bridgehead atoms. The molecule has 2 atom stereocenters. The number of amides is 1. The first-order valence-electron chi connectivity index (χ1n) is 6.40. The zero-order valence-electron chi connectivity index (χ0n) is 11.2. The van der Waals surface area contributed by atoms with E-state index in [0.717, 1.165) is 32.8 Å². The van der Waals surface area contributed by atoms with Crippen LogP contribution in [0, 0.1) is 12.3 Å². The van der Waals surface area contributed by atoms with Crippen molar-refractivity contribution in [3.8, 4) is 12.3 Å². The number of nitrogens with one attached hydrogen (secondary N) is 2. The van der Waals surface area contributed by atoms with Crippen LogP contribution < -0.4 is 10.6 Å². The van der Waals surface area contributed by atoms with Crippen molar-refractivity contribution in [2.75, 3.05) is 39.4 Å². The summed E-state index contributed by atoms with van der Waals surface area (Å²) >= 11 is 0. The van der Waals surface area contributed by atoms with E-state index in [4.69, 9.17) is 11.2 Å². The Morgan fingerprint density at radius 2 is 2.11 bits per heavy atom. The Bertz CT molecular complexity index is 295. The van der Waals surface area contributed by atoms with Crippen molar-refractivity contribution in [1.29, 1.82) is 0 Å². The van der Waals surface area contributed by atoms with E-state index in [0.29, 0.717) is 0 Å². The summed E-state index contributed by atoms with van der Waals surface area (Å²) in [6, 6.07) is 0.0316. The average Bonchev–Trinajstić information content (AvgIpc) is 2.36. The van der Waals surface area contributed by atoms with E-state index in [1.807, 2.05) is 6.92 Å². The lowest BCUT2D eigenvalue weighted by Gasteiger charge is -2.30. The minimum absolute atomic E-state index is 0.0539. The fourth-order valence-electron chi connectivity index (χ4n) is 2.02. The average molecular weight is 253 g/mol. The maximum Gasteiger partial charge on any atom is 0.237 e. The zero-order valence-corrected chi connectivity index (χ0v) is 11.2. The number of nitrogens with zero attached hydrogens (tertiary/aromatic N) is 1. The predicted octanol–water partition coefficient (Wildman–Crippen LogP) is -0.565. The lowest BCUT2D eigenvalue weighted by molar-refractivity contribution is -0.122. The van der Waals surface area contributed by atoms with Crippen molar-refractivity contribution in [2.24, 2.45) is 0 Å². The second-order valence-corrected chi connectivity index (χ2v) is 4.62. The molecule has 102 valence electrons. The van der Waals surface area contributed by atoms with Crippen LogP contribution in [0.3, 0.4) is 0 Å². The normalized spacial score (nSPS) is 19.8. The Hall–Kier alpha value is -1.09. The molecule has 1 aliphatic rings. The van der Waals surface area contributed by atoms with Crippen molar-refractivity contribution in [3.05, 3.63) is 0 Å². The van der Waals surface area contributed by atoms with Crippen molar-refractivity contribution in [3.63, 3.8) is 0 Å². The van der Waals surface area contributed by atoms with E-state index >= 15 is 0 Å². The second-order valence-electron chi connectivity index (χ2n) is 4.62. The second kappa shape index (κ2) is 8.09. The van der Waals surface area contributed by atoms with Gasteiger partial charge in [0, 0.05) is 25.7 Å². The number of carbonyl (C=O) groups excluding carboxylic acids is 1. The third kappa shape index (κ3) is 5.50. The van der Waals surface area contributed by atoms with Crippen molar-refractivity contribution in [2.45, 2.75) is 25.9 Å². The van der Waals surface area contributed by atoms with Gasteiger partial charge in [-0.3, -0.25) is 9.69 Å². The first-order chi connectivity index (χ1) is 8.63. The molecule has 1 amide bonds. The maximum absolute atomic E-state index is 11.6. The van der Waals surface area contributed by atoms with Gasteiger partial charge in [0.2, 0.25) is 5.91 Å². The molecular weight excluding hydrogens is 230 g/mol. The van der Waals surface area contributed by atoms with Gasteiger partial charge in [0.1, 0.15) is 0 Å². The third-order valence-electron chi connectivity index (χ3n) is 2.93. The van der Waals surface area contributed by atoms with Gasteiger partial charge in [0.15, 0.2) is 0 Å². The summed E-state index contributed by atoms with van der Waals surface area (Å²) in [5, 5.41) is 5.94. The predicted molar refractivity (Wildman–Crippen MR) is 71.2 cm³/mol. The molecule has 1 saturated heterocycles. The lowest BCUT2D eigenvalue weighted by atomic mass is 10.2. The summed E-state index contributed by atoms with van der Waals surface area (Å²) in [6.07, 6.45) is 5.10. The Morgan fingerprint density at radius 3 is 2.72 bits per heavy atom. The quantitative estimate of drug-likeness (QED) is 0.623. The SMILES string of the molecule is C#CCNC(=O)C(C)NC(C)CN1CCOCC1. The highest BCUT2D eigenvalue weighted by molar-refractivity contribution is 5.81. The van der Waals surface area contributed by atoms with Crippen LogP contribution in [0.15, 0.2) is 0 Å². The molecule has 2 N–H and O–H groups in total. The molecule has 0 aromatic carbocycles. The van der Waals surface area contributed by atoms with Crippen LogP contribution in [0.2, 0.25) is 0 Å². The fourth-order valence-corrected chi connectivity index (χ4v) is 2.02. The molecule has 1 aliphatic heterocycles. The first-order valence-corrected chi connectivity index (χ1v) is 6.40. The monoisotopic (exact) mass is 253 g/mol. The van der Waals surface area contributed by atoms with Crippen LogP contribution in [-0.4, -0.2) is 62.3 Å². The van der Waals surface area contributed by atoms with Gasteiger partial charge in [-0.1, -0.05) is 5.92 Å². The lowest BCUT2D eigenvalue weighted by Crippen LogP contribution is -2.50. The largest absolute Gasteiger partial charge is 0.379 e. The van der Waals surface area contributed by atoms with Gasteiger partial charge in [-0.25, -0.2) is 0 Å². The minimum Gasteiger partial charge on any atom is -0.379 e. The number of terminal acetylenes is 1. The highest BCUT2D eigenvalue weighted by atomic mass is 16.5. The number of ether oxygens (including phenoxy) is 1. The molecule has 5 heteroatoms. The smallest absolute Gasteiger partial charge is 0.237 e. The molecule has 18 heavy (non-hydrogen) atoms. The highest BCUT2D eigenvalue weighted by Gasteiger charge is 2.17. The van der Waals surface area contributed by atoms with Crippen LogP contribution in [-0.2, 0) is 9.53 Å². The van der Waals surface area contributed by atoms with Crippen molar-refractivity contribution >= 4 is 5.91 Å². The number of hydrogen-bond acceptors (Lipinski definition) is 4. The maximum atomic E-state index is 11.6. The summed E-state index contributed by atoms with van der Waals surface area (Å²) in [4.78, 5) is 14.0. The minimum atomic E-state index is -0.227. The van der Waals surface area contributed by atoms with E-state index < -0.39 is 0 Å². The molecule has 1 rings (SSSR count). The van der Waals surface area contributed by atoms with Crippen molar-refractivity contribution < 1.29 is 9.53 Å². The molecule has 1 fully saturated rings. The van der Waals surface area contributed by atoms with Crippen LogP contribution in [0.4, 0.5) is 0 Å². The topological polar surface area (TPSA) is 53.6 Å². The van der Waals surface area contributed by atoms with Gasteiger partial charge in [-0.2, -0.15) is 0 Å². The Balaban J connectivity index is 2.23. The summed E-state index contributed by atoms with van der Waals surface area (Å²) in [5.41, 5.74) is 0. The first kappa shape index (κ1) is 15.0. The molecule has 5 nitrogen and oxygen atoms in total. The molecule has 0 spiro atoms. The summed E-state index contributed by atoms with van der Waals surface area (Å²) in [6.45, 7) is 8.66. The molecule has 1 heterocycles. The standard InChI is InChI=1S/C13H23N3O2/c1-4-5-14-13(17)12(3)15-11(2)10-16-6-8-18-9-7-16/h1,11-12,15H,5-10H2,2-3H3,(H,14,17). The molecule has 0 aliphatic carbocycles. The third-order valence-corrected chi connectivity index (χ3v) is 2.93. The molecule has 2 unspecified atom stereocenters. The highest BCUT2D eigenvalue weighted by Crippen LogP contribution is 1.99. The van der Waals surface area contributed by atoms with Crippen LogP contribution in [0.1, 0.15) is 13.8 Å². The molecule has 0 aromatic rings. The van der Waals surface area contributed by atoms with Crippen molar-refractivity contribution in [1.82, 2.24) is 15.5 Å². The summed E-state index contributed by atoms with van der Waals surface area (Å²) in [5.74, 6) is 2.34. The van der Waals surface area contributed by atoms with Gasteiger partial charge in [0.05, 0.1) is 25.8 Å². The summed E-state index contributed by atoms with van der Waals surface area (Å²) in [7, 11) is 0. The van der Waals surface area contributed by atoms with E-state index in [1.165, 1.54) is 0 Å².